The molecule has 0 radical (unpaired) electrons. The van der Waals surface area contributed by atoms with Crippen molar-refractivity contribution in [1.29, 1.82) is 0 Å². The molecule has 14 N–H and O–H groups in total. The fraction of sp³-hybridized carbons (Fsp3) is 0.556. The number of aliphatic carboxylic acids is 3. The molecule has 0 aromatic heterocycles. The summed E-state index contributed by atoms with van der Waals surface area (Å²) >= 11 is 0. The summed E-state index contributed by atoms with van der Waals surface area (Å²) in [6, 6.07) is -6.66. The van der Waals surface area contributed by atoms with E-state index in [9.17, 15) is 38.7 Å². The molecule has 202 valence electrons. The minimum Gasteiger partial charge on any atom is -0.481 e. The molecule has 0 saturated heterocycles. The Hall–Kier alpha value is -4.48. The number of nitrogens with one attached hydrogen (secondary N) is 3. The number of guanidine groups is 1. The van der Waals surface area contributed by atoms with E-state index < -0.39 is 85.0 Å². The van der Waals surface area contributed by atoms with Gasteiger partial charge in [-0.25, -0.2) is 4.79 Å². The van der Waals surface area contributed by atoms with Crippen molar-refractivity contribution in [2.75, 3.05) is 6.54 Å². The zero-order valence-corrected chi connectivity index (χ0v) is 19.0. The maximum Gasteiger partial charge on any atom is 0.326 e. The quantitative estimate of drug-likeness (QED) is 0.0489. The maximum atomic E-state index is 12.6. The molecule has 36 heavy (non-hydrogen) atoms. The summed E-state index contributed by atoms with van der Waals surface area (Å²) in [7, 11) is 0. The van der Waals surface area contributed by atoms with Gasteiger partial charge in [0.2, 0.25) is 23.6 Å². The smallest absolute Gasteiger partial charge is 0.326 e. The number of hydrogen-bond donors (Lipinski definition) is 10. The standard InChI is InChI=1S/C18H30N8O10/c19-7(4-12(28)29)14(32)25-9(5-11(20)27)15(33)26-10(6-13(30)31)16(34)24-8(17(35)36)2-1-3-23-18(21)22/h7-10H,1-6,19H2,(H2,20,27)(H,24,34)(H,25,32)(H,26,33)(H,28,29)(H,30,31)(H,35,36)(H4,21,22,23). The molecular weight excluding hydrogens is 488 g/mol. The molecule has 18 nitrogen and oxygen atoms in total. The number of carbonyl (C=O) groups is 7. The predicted molar refractivity (Wildman–Crippen MR) is 120 cm³/mol. The van der Waals surface area contributed by atoms with Crippen molar-refractivity contribution in [2.45, 2.75) is 56.3 Å². The molecule has 18 heteroatoms. The number of carboxylic acids is 3. The van der Waals surface area contributed by atoms with Crippen molar-refractivity contribution in [3.8, 4) is 0 Å². The van der Waals surface area contributed by atoms with E-state index >= 15 is 0 Å². The number of nitrogens with zero attached hydrogens (tertiary/aromatic N) is 1. The molecule has 0 rings (SSSR count). The van der Waals surface area contributed by atoms with E-state index in [0.717, 1.165) is 0 Å². The molecule has 0 saturated carbocycles. The van der Waals surface area contributed by atoms with E-state index in [2.05, 4.69) is 10.3 Å². The minimum atomic E-state index is -1.82. The Morgan fingerprint density at radius 3 is 1.61 bits per heavy atom. The van der Waals surface area contributed by atoms with Crippen LogP contribution in [0, 0.1) is 0 Å². The van der Waals surface area contributed by atoms with Crippen LogP contribution in [0.1, 0.15) is 32.1 Å². The zero-order valence-electron chi connectivity index (χ0n) is 19.0. The third-order valence-corrected chi connectivity index (χ3v) is 4.34. The highest BCUT2D eigenvalue weighted by Crippen LogP contribution is 2.03. The molecule has 0 spiro atoms. The number of primary amides is 1. The Kier molecular flexibility index (Phi) is 13.5. The van der Waals surface area contributed by atoms with Gasteiger partial charge in [0.25, 0.3) is 0 Å². The second-order valence-electron chi connectivity index (χ2n) is 7.44. The predicted octanol–water partition coefficient (Wildman–Crippen LogP) is -5.27. The Morgan fingerprint density at radius 1 is 0.694 bits per heavy atom. The molecule has 0 bridgehead atoms. The summed E-state index contributed by atoms with van der Waals surface area (Å²) in [6.45, 7) is 0.0514. The fourth-order valence-corrected chi connectivity index (χ4v) is 2.66. The molecule has 0 heterocycles. The fourth-order valence-electron chi connectivity index (χ4n) is 2.66. The molecule has 4 atom stereocenters. The molecule has 0 aliphatic heterocycles. The molecule has 0 aliphatic rings. The van der Waals surface area contributed by atoms with Gasteiger partial charge in [0.1, 0.15) is 18.1 Å². The van der Waals surface area contributed by atoms with Crippen LogP contribution in [-0.2, 0) is 33.6 Å². The summed E-state index contributed by atoms with van der Waals surface area (Å²) in [5, 5.41) is 33.2. The monoisotopic (exact) mass is 518 g/mol. The Balaban J connectivity index is 5.52. The molecule has 0 fully saturated rings. The van der Waals surface area contributed by atoms with Gasteiger partial charge in [-0.2, -0.15) is 0 Å². The lowest BCUT2D eigenvalue weighted by Gasteiger charge is -2.24. The number of aliphatic imine (C=N–C) groups is 1. The minimum absolute atomic E-state index is 0.0514. The molecule has 0 aromatic rings. The van der Waals surface area contributed by atoms with Gasteiger partial charge in [-0.3, -0.25) is 33.8 Å². The summed E-state index contributed by atoms with van der Waals surface area (Å²) in [5.74, 6) is -9.28. The number of carboxylic acid groups (broad SMARTS) is 3. The highest BCUT2D eigenvalue weighted by molar-refractivity contribution is 5.97. The van der Waals surface area contributed by atoms with Gasteiger partial charge in [0.15, 0.2) is 5.96 Å². The van der Waals surface area contributed by atoms with Crippen molar-refractivity contribution in [1.82, 2.24) is 16.0 Å². The van der Waals surface area contributed by atoms with Gasteiger partial charge in [-0.15, -0.1) is 0 Å². The van der Waals surface area contributed by atoms with Crippen LogP contribution in [0.3, 0.4) is 0 Å². The summed E-state index contributed by atoms with van der Waals surface area (Å²) < 4.78 is 0. The van der Waals surface area contributed by atoms with Crippen molar-refractivity contribution in [3.05, 3.63) is 0 Å². The van der Waals surface area contributed by atoms with E-state index in [-0.39, 0.29) is 25.3 Å². The zero-order chi connectivity index (χ0) is 28.0. The Bertz CT molecular complexity index is 889. The van der Waals surface area contributed by atoms with Crippen LogP contribution in [0.4, 0.5) is 0 Å². The van der Waals surface area contributed by atoms with Gasteiger partial charge in [-0.05, 0) is 12.8 Å². The second-order valence-corrected chi connectivity index (χ2v) is 7.44. The van der Waals surface area contributed by atoms with Crippen LogP contribution < -0.4 is 38.9 Å². The van der Waals surface area contributed by atoms with Gasteiger partial charge in [-0.1, -0.05) is 0 Å². The second kappa shape index (κ2) is 15.4. The topological polar surface area (TPSA) is 333 Å². The number of hydrogen-bond acceptors (Lipinski definition) is 9. The SMILES string of the molecule is NC(=O)CC(NC(=O)C(N)CC(=O)O)C(=O)NC(CC(=O)O)C(=O)NC(CCCN=C(N)N)C(=O)O. The lowest BCUT2D eigenvalue weighted by atomic mass is 10.1. The number of amides is 4. The third kappa shape index (κ3) is 13.3. The molecule has 4 amide bonds. The van der Waals surface area contributed by atoms with Gasteiger partial charge < -0.3 is 54.2 Å². The number of rotatable bonds is 17. The summed E-state index contributed by atoms with van der Waals surface area (Å²) in [5.41, 5.74) is 20.8. The van der Waals surface area contributed by atoms with Crippen LogP contribution in [0.25, 0.3) is 0 Å². The molecule has 0 aromatic carbocycles. The lowest BCUT2D eigenvalue weighted by Crippen LogP contribution is -2.58. The van der Waals surface area contributed by atoms with Crippen LogP contribution in [0.5, 0.6) is 0 Å². The molecular formula is C18H30N8O10. The average molecular weight is 518 g/mol. The van der Waals surface area contributed by atoms with Crippen molar-refractivity contribution < 1.29 is 48.9 Å². The summed E-state index contributed by atoms with van der Waals surface area (Å²) in [6.07, 6.45) is -2.61. The lowest BCUT2D eigenvalue weighted by molar-refractivity contribution is -0.144. The first-order valence-corrected chi connectivity index (χ1v) is 10.3. The first-order valence-electron chi connectivity index (χ1n) is 10.3. The first kappa shape index (κ1) is 31.5. The largest absolute Gasteiger partial charge is 0.481 e. The van der Waals surface area contributed by atoms with E-state index in [1.54, 1.807) is 0 Å². The van der Waals surface area contributed by atoms with Gasteiger partial charge in [0.05, 0.1) is 25.3 Å². The number of nitrogens with two attached hydrogens (primary N) is 4. The van der Waals surface area contributed by atoms with Crippen molar-refractivity contribution in [2.24, 2.45) is 27.9 Å². The maximum absolute atomic E-state index is 12.6. The molecule has 0 aliphatic carbocycles. The average Bonchev–Trinajstić information content (AvgIpc) is 2.73. The summed E-state index contributed by atoms with van der Waals surface area (Å²) in [4.78, 5) is 85.7. The Morgan fingerprint density at radius 2 is 1.17 bits per heavy atom. The number of carbonyl (C=O) groups excluding carboxylic acids is 4. The Labute approximate surface area is 203 Å². The van der Waals surface area contributed by atoms with Crippen LogP contribution in [0.2, 0.25) is 0 Å². The van der Waals surface area contributed by atoms with Crippen molar-refractivity contribution in [3.63, 3.8) is 0 Å². The van der Waals surface area contributed by atoms with E-state index in [0.29, 0.717) is 0 Å². The highest BCUT2D eigenvalue weighted by atomic mass is 16.4. The normalized spacial score (nSPS) is 13.7. The third-order valence-electron chi connectivity index (χ3n) is 4.34. The van der Waals surface area contributed by atoms with Crippen LogP contribution in [-0.4, -0.2) is 93.5 Å². The van der Waals surface area contributed by atoms with Crippen LogP contribution in [0.15, 0.2) is 4.99 Å². The molecule has 4 unspecified atom stereocenters. The van der Waals surface area contributed by atoms with E-state index in [1.807, 2.05) is 10.6 Å². The van der Waals surface area contributed by atoms with Gasteiger partial charge in [0, 0.05) is 6.54 Å². The highest BCUT2D eigenvalue weighted by Gasteiger charge is 2.32. The van der Waals surface area contributed by atoms with Crippen LogP contribution >= 0.6 is 0 Å². The van der Waals surface area contributed by atoms with E-state index in [1.165, 1.54) is 0 Å². The van der Waals surface area contributed by atoms with Crippen molar-refractivity contribution >= 4 is 47.5 Å². The van der Waals surface area contributed by atoms with E-state index in [4.69, 9.17) is 33.1 Å². The first-order chi connectivity index (χ1) is 16.6. The van der Waals surface area contributed by atoms with Gasteiger partial charge >= 0.3 is 17.9 Å².